The van der Waals surface area contributed by atoms with Crippen LogP contribution in [0.4, 0.5) is 28.9 Å². The maximum atomic E-state index is 14.4. The Kier molecular flexibility index (Phi) is 8.70. The number of pyridine rings is 1. The van der Waals surface area contributed by atoms with E-state index in [9.17, 15) is 22.4 Å². The number of benzene rings is 1. The van der Waals surface area contributed by atoms with E-state index in [1.807, 2.05) is 6.08 Å². The maximum Gasteiger partial charge on any atom is 0.417 e. The van der Waals surface area contributed by atoms with Crippen molar-refractivity contribution in [2.45, 2.75) is 38.6 Å². The third-order valence-electron chi connectivity index (χ3n) is 5.84. The van der Waals surface area contributed by atoms with Gasteiger partial charge in [0.05, 0.1) is 33.8 Å². The Balaban J connectivity index is 2.28. The number of hydrogen-bond acceptors (Lipinski definition) is 6. The van der Waals surface area contributed by atoms with Gasteiger partial charge in [0, 0.05) is 38.2 Å². The molecule has 3 rings (SSSR count). The average Bonchev–Trinajstić information content (AvgIpc) is 2.84. The Labute approximate surface area is 217 Å². The minimum absolute atomic E-state index is 0.00958. The quantitative estimate of drug-likeness (QED) is 0.244. The summed E-state index contributed by atoms with van der Waals surface area (Å²) in [5, 5.41) is 8.52. The number of hydrogen-bond donors (Lipinski definition) is 4. The Hall–Kier alpha value is -3.31. The van der Waals surface area contributed by atoms with Gasteiger partial charge in [0.25, 0.3) is 5.91 Å². The van der Waals surface area contributed by atoms with Crippen LogP contribution in [-0.2, 0) is 6.18 Å². The van der Waals surface area contributed by atoms with Crippen molar-refractivity contribution in [1.82, 2.24) is 15.6 Å². The van der Waals surface area contributed by atoms with Crippen molar-refractivity contribution in [1.29, 1.82) is 0 Å². The van der Waals surface area contributed by atoms with Crippen LogP contribution in [0.1, 0.15) is 34.8 Å². The van der Waals surface area contributed by atoms with Crippen LogP contribution in [0.2, 0.25) is 5.02 Å². The molecule has 7 nitrogen and oxygen atoms in total. The minimum Gasteiger partial charge on any atom is -0.474 e. The van der Waals surface area contributed by atoms with E-state index in [0.29, 0.717) is 13.0 Å². The molecular formula is C25H28ClF4N5O2. The lowest BCUT2D eigenvalue weighted by molar-refractivity contribution is -0.137. The molecule has 2 atom stereocenters. The molecule has 0 saturated carbocycles. The number of nitrogen functional groups attached to an aromatic ring is 1. The zero-order chi connectivity index (χ0) is 27.5. The number of ether oxygens (including phenoxy) is 1. The van der Waals surface area contributed by atoms with Crippen LogP contribution >= 0.6 is 11.6 Å². The topological polar surface area (TPSA) is 101 Å². The van der Waals surface area contributed by atoms with Gasteiger partial charge in [0.2, 0.25) is 5.88 Å². The Morgan fingerprint density at radius 1 is 1.35 bits per heavy atom. The molecule has 2 heterocycles. The second-order valence-corrected chi connectivity index (χ2v) is 8.88. The zero-order valence-corrected chi connectivity index (χ0v) is 21.3. The molecule has 37 heavy (non-hydrogen) atoms. The van der Waals surface area contributed by atoms with Crippen LogP contribution in [-0.4, -0.2) is 43.2 Å². The monoisotopic (exact) mass is 541 g/mol. The number of nitrogens with zero attached hydrogens (tertiary/aromatic N) is 1. The fourth-order valence-electron chi connectivity index (χ4n) is 4.18. The van der Waals surface area contributed by atoms with Crippen molar-refractivity contribution >= 4 is 28.9 Å². The molecule has 1 unspecified atom stereocenters. The number of rotatable bonds is 4. The molecule has 0 radical (unpaired) electrons. The molecular weight excluding hydrogens is 514 g/mol. The van der Waals surface area contributed by atoms with Crippen LogP contribution in [0.25, 0.3) is 11.3 Å². The van der Waals surface area contributed by atoms with Crippen LogP contribution < -0.4 is 26.4 Å². The number of anilines is 2. The number of aromatic nitrogens is 1. The highest BCUT2D eigenvalue weighted by molar-refractivity contribution is 6.36. The summed E-state index contributed by atoms with van der Waals surface area (Å²) in [5.41, 5.74) is 2.26. The molecule has 0 spiro atoms. The number of fused-ring (bicyclic) bond motifs is 1. The average molecular weight is 542 g/mol. The summed E-state index contributed by atoms with van der Waals surface area (Å²) in [6.07, 6.45) is 0.253. The van der Waals surface area contributed by atoms with Gasteiger partial charge >= 0.3 is 6.18 Å². The number of nitrogens with two attached hydrogens (primary N) is 1. The van der Waals surface area contributed by atoms with Crippen molar-refractivity contribution < 1.29 is 27.1 Å². The number of alkyl halides is 3. The van der Waals surface area contributed by atoms with E-state index in [1.54, 1.807) is 19.1 Å². The normalized spacial score (nSPS) is 19.0. The summed E-state index contributed by atoms with van der Waals surface area (Å²) in [7, 11) is 1.46. The lowest BCUT2D eigenvalue weighted by Crippen LogP contribution is -2.37. The van der Waals surface area contributed by atoms with Gasteiger partial charge in [-0.2, -0.15) is 13.2 Å². The van der Waals surface area contributed by atoms with Gasteiger partial charge in [-0.3, -0.25) is 4.79 Å². The molecule has 1 aliphatic heterocycles. The molecule has 1 aliphatic rings. The summed E-state index contributed by atoms with van der Waals surface area (Å²) < 4.78 is 62.7. The van der Waals surface area contributed by atoms with Gasteiger partial charge in [-0.1, -0.05) is 36.4 Å². The van der Waals surface area contributed by atoms with Crippen molar-refractivity contribution in [3.63, 3.8) is 0 Å². The number of nitrogens with one attached hydrogen (secondary N) is 3. The van der Waals surface area contributed by atoms with Crippen LogP contribution in [0, 0.1) is 12.7 Å². The lowest BCUT2D eigenvalue weighted by atomic mass is 9.96. The summed E-state index contributed by atoms with van der Waals surface area (Å²) in [6, 6.07) is 0.693. The number of carbonyl (C=O) groups excluding carboxylic acids is 1. The van der Waals surface area contributed by atoms with E-state index in [-0.39, 0.29) is 40.4 Å². The van der Waals surface area contributed by atoms with Crippen molar-refractivity contribution in [3.05, 3.63) is 58.4 Å². The van der Waals surface area contributed by atoms with Crippen LogP contribution in [0.5, 0.6) is 5.88 Å². The second kappa shape index (κ2) is 11.4. The molecule has 1 amide bonds. The van der Waals surface area contributed by atoms with Gasteiger partial charge in [-0.15, -0.1) is 0 Å². The van der Waals surface area contributed by atoms with E-state index in [4.69, 9.17) is 22.1 Å². The first kappa shape index (κ1) is 28.3. The van der Waals surface area contributed by atoms with Crippen LogP contribution in [0.15, 0.2) is 30.9 Å². The molecule has 2 aromatic rings. The molecule has 0 aliphatic carbocycles. The van der Waals surface area contributed by atoms with E-state index in [1.165, 1.54) is 7.05 Å². The number of amides is 1. The molecule has 200 valence electrons. The van der Waals surface area contributed by atoms with Crippen molar-refractivity contribution in [2.24, 2.45) is 0 Å². The molecule has 1 aromatic carbocycles. The predicted molar refractivity (Wildman–Crippen MR) is 137 cm³/mol. The molecule has 0 bridgehead atoms. The predicted octanol–water partition coefficient (Wildman–Crippen LogP) is 5.09. The molecule has 0 fully saturated rings. The van der Waals surface area contributed by atoms with E-state index in [0.717, 1.165) is 13.0 Å². The third kappa shape index (κ3) is 5.99. The smallest absolute Gasteiger partial charge is 0.417 e. The van der Waals surface area contributed by atoms with Gasteiger partial charge in [0.1, 0.15) is 11.4 Å². The highest BCUT2D eigenvalue weighted by Gasteiger charge is 2.39. The fourth-order valence-corrected chi connectivity index (χ4v) is 4.52. The first-order chi connectivity index (χ1) is 17.4. The standard InChI is InChI=1S/C25H28ClF4N5O2/c1-5-6-7-14-10-12(2)37-24-17(23(36)34-9-8-33-14)22(32-4)19(26)21(35-24)15-11-16(31)20(27)13(3)18(15)25(28,29)30/h5-7,11-12,14,33H,1,8-10,31H2,2-4H3,(H,32,35)(H,34,36)/b7-6+/t12-,14?/m0/s1. The van der Waals surface area contributed by atoms with Gasteiger partial charge in [0.15, 0.2) is 0 Å². The van der Waals surface area contributed by atoms with Crippen LogP contribution in [0.3, 0.4) is 0 Å². The highest BCUT2D eigenvalue weighted by atomic mass is 35.5. The van der Waals surface area contributed by atoms with Gasteiger partial charge in [-0.25, -0.2) is 9.37 Å². The zero-order valence-electron chi connectivity index (χ0n) is 20.5. The molecule has 0 saturated heterocycles. The Morgan fingerprint density at radius 3 is 2.68 bits per heavy atom. The van der Waals surface area contributed by atoms with Gasteiger partial charge < -0.3 is 26.4 Å². The summed E-state index contributed by atoms with van der Waals surface area (Å²) in [6.45, 7) is 7.07. The minimum atomic E-state index is -4.95. The number of halogens is 5. The third-order valence-corrected chi connectivity index (χ3v) is 6.21. The summed E-state index contributed by atoms with van der Waals surface area (Å²) >= 11 is 6.54. The van der Waals surface area contributed by atoms with E-state index >= 15 is 0 Å². The number of allylic oxidation sites excluding steroid dienone is 2. The Morgan fingerprint density at radius 2 is 2.05 bits per heavy atom. The summed E-state index contributed by atoms with van der Waals surface area (Å²) in [5.74, 6) is -2.00. The lowest BCUT2D eigenvalue weighted by Gasteiger charge is -2.23. The van der Waals surface area contributed by atoms with Crippen molar-refractivity contribution in [2.75, 3.05) is 31.2 Å². The van der Waals surface area contributed by atoms with E-state index in [2.05, 4.69) is 27.5 Å². The Bertz CT molecular complexity index is 1230. The SMILES string of the molecule is C=C/C=C/C1C[C@H](C)Oc2nc(-c3cc(N)c(F)c(C)c3C(F)(F)F)c(Cl)c(NC)c2C(=O)NCCN1. The molecule has 5 N–H and O–H groups in total. The largest absolute Gasteiger partial charge is 0.474 e. The second-order valence-electron chi connectivity index (χ2n) is 8.51. The highest BCUT2D eigenvalue weighted by Crippen LogP contribution is 2.46. The summed E-state index contributed by atoms with van der Waals surface area (Å²) in [4.78, 5) is 17.4. The number of carbonyl (C=O) groups is 1. The first-order valence-electron chi connectivity index (χ1n) is 11.4. The molecule has 1 aromatic heterocycles. The first-order valence-corrected chi connectivity index (χ1v) is 11.8. The van der Waals surface area contributed by atoms with E-state index < -0.39 is 46.4 Å². The van der Waals surface area contributed by atoms with Crippen molar-refractivity contribution in [3.8, 4) is 17.1 Å². The van der Waals surface area contributed by atoms with Gasteiger partial charge in [-0.05, 0) is 25.5 Å². The molecule has 12 heteroatoms. The maximum absolute atomic E-state index is 14.4. The fraction of sp³-hybridized carbons (Fsp3) is 0.360.